The van der Waals surface area contributed by atoms with Gasteiger partial charge in [0, 0.05) is 56.6 Å². The molecule has 190 valence electrons. The summed E-state index contributed by atoms with van der Waals surface area (Å²) in [5.41, 5.74) is -1.01. The van der Waals surface area contributed by atoms with Gasteiger partial charge in [-0.2, -0.15) is 13.2 Å². The summed E-state index contributed by atoms with van der Waals surface area (Å²) < 4.78 is 41.0. The van der Waals surface area contributed by atoms with E-state index < -0.39 is 22.6 Å². The number of aromatic nitrogens is 1. The first-order chi connectivity index (χ1) is 17.1. The average molecular weight is 502 g/mol. The summed E-state index contributed by atoms with van der Waals surface area (Å²) in [6, 6.07) is 12.1. The lowest BCUT2D eigenvalue weighted by molar-refractivity contribution is -0.384. The molecule has 0 spiro atoms. The predicted octanol–water partition coefficient (Wildman–Crippen LogP) is 4.25. The van der Waals surface area contributed by atoms with Crippen LogP contribution in [0.15, 0.2) is 54.6 Å². The van der Waals surface area contributed by atoms with Crippen LogP contribution in [0.1, 0.15) is 15.9 Å². The molecule has 0 bridgehead atoms. The number of nitrogens with one attached hydrogen (secondary N) is 2. The molecule has 11 heteroatoms. The van der Waals surface area contributed by atoms with E-state index in [9.17, 15) is 28.1 Å². The largest absolute Gasteiger partial charge is 0.417 e. The van der Waals surface area contributed by atoms with Gasteiger partial charge in [0.2, 0.25) is 0 Å². The first-order valence-corrected chi connectivity index (χ1v) is 11.5. The summed E-state index contributed by atoms with van der Waals surface area (Å²) >= 11 is 0. The number of hydrogen-bond acceptors (Lipinski definition) is 5. The van der Waals surface area contributed by atoms with Gasteiger partial charge in [-0.1, -0.05) is 30.3 Å². The predicted molar refractivity (Wildman–Crippen MR) is 130 cm³/mol. The van der Waals surface area contributed by atoms with E-state index in [1.165, 1.54) is 42.5 Å². The molecule has 1 aliphatic heterocycles. The van der Waals surface area contributed by atoms with Crippen LogP contribution < -0.4 is 5.32 Å². The molecule has 0 saturated carbocycles. The third kappa shape index (κ3) is 5.58. The SMILES string of the molecule is CN1CCN(CCNC(=O)c2cc(-c3ccccc3C(F)(F)F)[nH]c2-c2ccccc2[N+](=O)[O-])CC1. The highest BCUT2D eigenvalue weighted by Gasteiger charge is 2.34. The van der Waals surface area contributed by atoms with Gasteiger partial charge in [0.25, 0.3) is 11.6 Å². The van der Waals surface area contributed by atoms with Crippen LogP contribution in [0.4, 0.5) is 18.9 Å². The van der Waals surface area contributed by atoms with Crippen LogP contribution in [0, 0.1) is 10.1 Å². The third-order valence-corrected chi connectivity index (χ3v) is 6.26. The fraction of sp³-hybridized carbons (Fsp3) is 0.320. The molecule has 36 heavy (non-hydrogen) atoms. The number of amides is 1. The lowest BCUT2D eigenvalue weighted by Gasteiger charge is -2.32. The minimum absolute atomic E-state index is 0.0367. The van der Waals surface area contributed by atoms with Crippen molar-refractivity contribution < 1.29 is 22.9 Å². The number of nitrogens with zero attached hydrogens (tertiary/aromatic N) is 3. The summed E-state index contributed by atoms with van der Waals surface area (Å²) in [6.07, 6.45) is -4.62. The van der Waals surface area contributed by atoms with E-state index in [0.29, 0.717) is 13.1 Å². The first-order valence-electron chi connectivity index (χ1n) is 11.5. The van der Waals surface area contributed by atoms with E-state index in [-0.39, 0.29) is 33.8 Å². The molecule has 0 atom stereocenters. The van der Waals surface area contributed by atoms with E-state index in [1.807, 2.05) is 7.05 Å². The Labute approximate surface area is 205 Å². The van der Waals surface area contributed by atoms with Gasteiger partial charge in [-0.05, 0) is 25.2 Å². The van der Waals surface area contributed by atoms with E-state index in [4.69, 9.17) is 0 Å². The van der Waals surface area contributed by atoms with E-state index in [0.717, 1.165) is 32.2 Å². The van der Waals surface area contributed by atoms with Crippen molar-refractivity contribution in [1.82, 2.24) is 20.1 Å². The van der Waals surface area contributed by atoms with Crippen molar-refractivity contribution >= 4 is 11.6 Å². The molecule has 1 aromatic heterocycles. The second kappa shape index (κ2) is 10.5. The first kappa shape index (κ1) is 25.4. The fourth-order valence-corrected chi connectivity index (χ4v) is 4.29. The van der Waals surface area contributed by atoms with Crippen molar-refractivity contribution in [1.29, 1.82) is 0 Å². The smallest absolute Gasteiger partial charge is 0.354 e. The molecule has 1 aliphatic rings. The molecule has 1 fully saturated rings. The van der Waals surface area contributed by atoms with Crippen molar-refractivity contribution in [3.8, 4) is 22.5 Å². The van der Waals surface area contributed by atoms with Crippen LogP contribution in [-0.4, -0.2) is 71.9 Å². The Kier molecular flexibility index (Phi) is 7.41. The zero-order valence-corrected chi connectivity index (χ0v) is 19.6. The van der Waals surface area contributed by atoms with Crippen LogP contribution in [-0.2, 0) is 6.18 Å². The van der Waals surface area contributed by atoms with Gasteiger partial charge >= 0.3 is 6.18 Å². The number of nitro benzene ring substituents is 1. The highest BCUT2D eigenvalue weighted by Crippen LogP contribution is 2.39. The second-order valence-electron chi connectivity index (χ2n) is 8.69. The number of H-pyrrole nitrogens is 1. The van der Waals surface area contributed by atoms with E-state index in [2.05, 4.69) is 20.1 Å². The molecule has 2 N–H and O–H groups in total. The maximum Gasteiger partial charge on any atom is 0.417 e. The summed E-state index contributed by atoms with van der Waals surface area (Å²) in [5.74, 6) is -0.524. The Morgan fingerprint density at radius 2 is 1.69 bits per heavy atom. The molecular weight excluding hydrogens is 475 g/mol. The lowest BCUT2D eigenvalue weighted by Crippen LogP contribution is -2.46. The van der Waals surface area contributed by atoms with Crippen molar-refractivity contribution in [2.24, 2.45) is 0 Å². The van der Waals surface area contributed by atoms with Crippen LogP contribution in [0.25, 0.3) is 22.5 Å². The van der Waals surface area contributed by atoms with E-state index >= 15 is 0 Å². The standard InChI is InChI=1S/C25H26F3N5O3/c1-31-12-14-32(15-13-31)11-10-29-24(34)19-16-21(17-6-2-4-8-20(17)25(26,27)28)30-23(19)18-7-3-5-9-22(18)33(35)36/h2-9,16,30H,10-15H2,1H3,(H,29,34). The molecule has 0 unspecified atom stereocenters. The van der Waals surface area contributed by atoms with Gasteiger partial charge in [0.15, 0.2) is 0 Å². The number of likely N-dealkylation sites (N-methyl/N-ethyl adjacent to an activating group) is 1. The van der Waals surface area contributed by atoms with Crippen molar-refractivity contribution in [2.45, 2.75) is 6.18 Å². The van der Waals surface area contributed by atoms with Crippen LogP contribution >= 0.6 is 0 Å². The molecule has 3 aromatic rings. The summed E-state index contributed by atoms with van der Waals surface area (Å²) in [6.45, 7) is 4.55. The number of carbonyl (C=O) groups is 1. The number of alkyl halides is 3. The molecule has 2 aromatic carbocycles. The summed E-state index contributed by atoms with van der Waals surface area (Å²) in [4.78, 5) is 31.5. The lowest BCUT2D eigenvalue weighted by atomic mass is 10.0. The van der Waals surface area contributed by atoms with Gasteiger partial charge in [0.05, 0.1) is 27.3 Å². The second-order valence-corrected chi connectivity index (χ2v) is 8.69. The maximum absolute atomic E-state index is 13.7. The molecule has 0 radical (unpaired) electrons. The number of para-hydroxylation sites is 1. The van der Waals surface area contributed by atoms with Crippen molar-refractivity contribution in [2.75, 3.05) is 46.3 Å². The number of carbonyl (C=O) groups excluding carboxylic acids is 1. The molecule has 4 rings (SSSR count). The third-order valence-electron chi connectivity index (χ3n) is 6.26. The number of benzene rings is 2. The quantitative estimate of drug-likeness (QED) is 0.373. The van der Waals surface area contributed by atoms with Gasteiger partial charge in [-0.3, -0.25) is 19.8 Å². The van der Waals surface area contributed by atoms with Crippen LogP contribution in [0.2, 0.25) is 0 Å². The normalized spacial score (nSPS) is 15.1. The van der Waals surface area contributed by atoms with Gasteiger partial charge in [-0.15, -0.1) is 0 Å². The topological polar surface area (TPSA) is 94.5 Å². The zero-order chi connectivity index (χ0) is 25.9. The molecule has 1 amide bonds. The van der Waals surface area contributed by atoms with Gasteiger partial charge in [0.1, 0.15) is 0 Å². The fourth-order valence-electron chi connectivity index (χ4n) is 4.29. The molecule has 0 aliphatic carbocycles. The number of aromatic amines is 1. The van der Waals surface area contributed by atoms with Gasteiger partial charge in [-0.25, -0.2) is 0 Å². The number of nitro groups is 1. The summed E-state index contributed by atoms with van der Waals surface area (Å²) in [7, 11) is 2.05. The molecule has 1 saturated heterocycles. The monoisotopic (exact) mass is 501 g/mol. The average Bonchev–Trinajstić information content (AvgIpc) is 3.30. The van der Waals surface area contributed by atoms with Crippen LogP contribution in [0.3, 0.4) is 0 Å². The minimum Gasteiger partial charge on any atom is -0.354 e. The number of rotatable bonds is 7. The maximum atomic E-state index is 13.7. The Hall–Kier alpha value is -3.70. The highest BCUT2D eigenvalue weighted by atomic mass is 19.4. The van der Waals surface area contributed by atoms with Crippen LogP contribution in [0.5, 0.6) is 0 Å². The number of hydrogen-bond donors (Lipinski definition) is 2. The molecular formula is C25H26F3N5O3. The number of piperazine rings is 1. The van der Waals surface area contributed by atoms with Gasteiger partial charge < -0.3 is 15.2 Å². The molecule has 8 nitrogen and oxygen atoms in total. The Balaban J connectivity index is 1.69. The van der Waals surface area contributed by atoms with Crippen molar-refractivity contribution in [3.63, 3.8) is 0 Å². The molecule has 2 heterocycles. The highest BCUT2D eigenvalue weighted by molar-refractivity contribution is 6.02. The Bertz CT molecular complexity index is 1250. The van der Waals surface area contributed by atoms with Crippen molar-refractivity contribution in [3.05, 3.63) is 75.8 Å². The van der Waals surface area contributed by atoms with E-state index in [1.54, 1.807) is 6.07 Å². The number of halogens is 3. The summed E-state index contributed by atoms with van der Waals surface area (Å²) in [5, 5.41) is 14.5. The zero-order valence-electron chi connectivity index (χ0n) is 19.6. The Morgan fingerprint density at radius 3 is 2.36 bits per heavy atom. The Morgan fingerprint density at radius 1 is 1.06 bits per heavy atom. The minimum atomic E-state index is -4.62.